The fraction of sp³-hybridized carbons (Fsp3) is 0.500. The lowest BCUT2D eigenvalue weighted by atomic mass is 9.83. The van der Waals surface area contributed by atoms with Crippen LogP contribution in [0.5, 0.6) is 0 Å². The highest BCUT2D eigenvalue weighted by atomic mass is 16.2. The summed E-state index contributed by atoms with van der Waals surface area (Å²) in [4.78, 5) is 15.7. The van der Waals surface area contributed by atoms with Crippen LogP contribution in [0.2, 0.25) is 0 Å². The van der Waals surface area contributed by atoms with Crippen molar-refractivity contribution in [1.29, 1.82) is 0 Å². The summed E-state index contributed by atoms with van der Waals surface area (Å²) >= 11 is 0. The zero-order chi connectivity index (χ0) is 20.2. The molecule has 3 atom stereocenters. The molecule has 2 aliphatic rings. The number of carbonyl (C=O) groups excluding carboxylic acids is 1. The highest BCUT2D eigenvalue weighted by Crippen LogP contribution is 2.35. The van der Waals surface area contributed by atoms with Crippen LogP contribution in [0.4, 0.5) is 0 Å². The van der Waals surface area contributed by atoms with Crippen LogP contribution in [-0.4, -0.2) is 30.4 Å². The summed E-state index contributed by atoms with van der Waals surface area (Å²) in [5.41, 5.74) is 3.93. The number of benzene rings is 2. The molecule has 0 aromatic heterocycles. The molecule has 1 N–H and O–H groups in total. The topological polar surface area (TPSA) is 32.3 Å². The average Bonchev–Trinajstić information content (AvgIpc) is 3.58. The summed E-state index contributed by atoms with van der Waals surface area (Å²) in [7, 11) is 0. The second kappa shape index (κ2) is 9.13. The second-order valence-electron chi connectivity index (χ2n) is 9.03. The van der Waals surface area contributed by atoms with Crippen molar-refractivity contribution in [3.63, 3.8) is 0 Å². The van der Waals surface area contributed by atoms with Gasteiger partial charge >= 0.3 is 0 Å². The Morgan fingerprint density at radius 2 is 1.79 bits per heavy atom. The molecule has 1 amide bonds. The molecule has 1 saturated heterocycles. The Bertz CT molecular complexity index is 797. The molecule has 1 aliphatic heterocycles. The van der Waals surface area contributed by atoms with E-state index in [-0.39, 0.29) is 17.9 Å². The number of nitrogens with zero attached hydrogens (tertiary/aromatic N) is 1. The van der Waals surface area contributed by atoms with Gasteiger partial charge in [-0.2, -0.15) is 0 Å². The van der Waals surface area contributed by atoms with Crippen LogP contribution in [0.3, 0.4) is 0 Å². The minimum absolute atomic E-state index is 0.0461. The van der Waals surface area contributed by atoms with Crippen molar-refractivity contribution in [3.05, 3.63) is 71.3 Å². The Balaban J connectivity index is 1.45. The lowest BCUT2D eigenvalue weighted by molar-refractivity contribution is -0.127. The molecule has 1 aliphatic carbocycles. The largest absolute Gasteiger partial charge is 0.349 e. The van der Waals surface area contributed by atoms with Gasteiger partial charge in [0, 0.05) is 19.6 Å². The molecule has 3 heteroatoms. The molecule has 2 fully saturated rings. The molecule has 0 spiro atoms. The highest BCUT2D eigenvalue weighted by molar-refractivity contribution is 5.79. The van der Waals surface area contributed by atoms with Gasteiger partial charge in [-0.15, -0.1) is 0 Å². The summed E-state index contributed by atoms with van der Waals surface area (Å²) in [6.07, 6.45) is 4.73. The molecule has 0 radical (unpaired) electrons. The molecular weight excluding hydrogens is 356 g/mol. The Labute approximate surface area is 175 Å². The molecular formula is C26H34N2O. The first-order chi connectivity index (χ1) is 14.1. The number of hydrogen-bond donors (Lipinski definition) is 1. The Hall–Kier alpha value is -2.13. The first kappa shape index (κ1) is 20.2. The van der Waals surface area contributed by atoms with Crippen molar-refractivity contribution in [2.24, 2.45) is 11.8 Å². The fourth-order valence-corrected chi connectivity index (χ4v) is 4.62. The molecule has 3 unspecified atom stereocenters. The number of likely N-dealkylation sites (tertiary alicyclic amines) is 1. The standard InChI is InChI=1S/C26H34N2O/c1-3-20-11-13-23(14-12-20)24-15-25(18-28(17-24)16-21-9-10-21)26(29)27-19(2)22-7-5-4-6-8-22/h4-8,11-14,19,21,24-25H,3,9-10,15-18H2,1-2H3,(H,27,29). The summed E-state index contributed by atoms with van der Waals surface area (Å²) in [6.45, 7) is 7.41. The average molecular weight is 391 g/mol. The van der Waals surface area contributed by atoms with Gasteiger partial charge in [0.15, 0.2) is 0 Å². The molecule has 1 heterocycles. The quantitative estimate of drug-likeness (QED) is 0.726. The highest BCUT2D eigenvalue weighted by Gasteiger charge is 2.35. The number of amides is 1. The van der Waals surface area contributed by atoms with Crippen molar-refractivity contribution in [1.82, 2.24) is 10.2 Å². The van der Waals surface area contributed by atoms with Gasteiger partial charge in [-0.25, -0.2) is 0 Å². The normalized spacial score (nSPS) is 23.5. The molecule has 0 bridgehead atoms. The van der Waals surface area contributed by atoms with E-state index in [1.165, 1.54) is 29.5 Å². The lowest BCUT2D eigenvalue weighted by Gasteiger charge is -2.38. The monoisotopic (exact) mass is 390 g/mol. The maximum atomic E-state index is 13.2. The van der Waals surface area contributed by atoms with Gasteiger partial charge in [0.2, 0.25) is 5.91 Å². The third-order valence-corrected chi connectivity index (χ3v) is 6.63. The van der Waals surface area contributed by atoms with Crippen molar-refractivity contribution < 1.29 is 4.79 Å². The predicted octanol–water partition coefficient (Wildman–Crippen LogP) is 4.94. The van der Waals surface area contributed by atoms with E-state index in [9.17, 15) is 4.79 Å². The van der Waals surface area contributed by atoms with Gasteiger partial charge in [-0.05, 0) is 61.1 Å². The summed E-state index contributed by atoms with van der Waals surface area (Å²) in [6, 6.07) is 19.4. The van der Waals surface area contributed by atoms with E-state index in [0.29, 0.717) is 5.92 Å². The lowest BCUT2D eigenvalue weighted by Crippen LogP contribution is -2.46. The molecule has 154 valence electrons. The number of piperidine rings is 1. The van der Waals surface area contributed by atoms with E-state index < -0.39 is 0 Å². The van der Waals surface area contributed by atoms with Crippen molar-refractivity contribution in [2.75, 3.05) is 19.6 Å². The molecule has 3 nitrogen and oxygen atoms in total. The summed E-state index contributed by atoms with van der Waals surface area (Å²) in [5.74, 6) is 1.56. The number of carbonyl (C=O) groups is 1. The van der Waals surface area contributed by atoms with Crippen molar-refractivity contribution in [3.8, 4) is 0 Å². The minimum Gasteiger partial charge on any atom is -0.349 e. The van der Waals surface area contributed by atoms with E-state index >= 15 is 0 Å². The number of aryl methyl sites for hydroxylation is 1. The molecule has 2 aromatic carbocycles. The van der Waals surface area contributed by atoms with E-state index in [2.05, 4.69) is 60.5 Å². The SMILES string of the molecule is CCc1ccc(C2CC(C(=O)NC(C)c3ccccc3)CN(CC3CC3)C2)cc1. The smallest absolute Gasteiger partial charge is 0.224 e. The van der Waals surface area contributed by atoms with Gasteiger partial charge in [0.05, 0.1) is 12.0 Å². The van der Waals surface area contributed by atoms with Crippen LogP contribution < -0.4 is 5.32 Å². The first-order valence-corrected chi connectivity index (χ1v) is 11.3. The van der Waals surface area contributed by atoms with Crippen LogP contribution in [0, 0.1) is 11.8 Å². The van der Waals surface area contributed by atoms with E-state index in [0.717, 1.165) is 38.4 Å². The fourth-order valence-electron chi connectivity index (χ4n) is 4.62. The maximum Gasteiger partial charge on any atom is 0.224 e. The third kappa shape index (κ3) is 5.27. The molecule has 4 rings (SSSR count). The summed E-state index contributed by atoms with van der Waals surface area (Å²) in [5, 5.41) is 3.28. The minimum atomic E-state index is 0.0461. The van der Waals surface area contributed by atoms with Gasteiger partial charge in [0.1, 0.15) is 0 Å². The van der Waals surface area contributed by atoms with E-state index in [1.807, 2.05) is 18.2 Å². The van der Waals surface area contributed by atoms with E-state index in [1.54, 1.807) is 0 Å². The summed E-state index contributed by atoms with van der Waals surface area (Å²) < 4.78 is 0. The van der Waals surface area contributed by atoms with Crippen LogP contribution in [0.15, 0.2) is 54.6 Å². The first-order valence-electron chi connectivity index (χ1n) is 11.3. The predicted molar refractivity (Wildman–Crippen MR) is 119 cm³/mol. The Morgan fingerprint density at radius 1 is 1.07 bits per heavy atom. The maximum absolute atomic E-state index is 13.2. The van der Waals surface area contributed by atoms with Gasteiger partial charge < -0.3 is 10.2 Å². The second-order valence-corrected chi connectivity index (χ2v) is 9.03. The number of hydrogen-bond acceptors (Lipinski definition) is 2. The third-order valence-electron chi connectivity index (χ3n) is 6.63. The van der Waals surface area contributed by atoms with Crippen molar-refractivity contribution in [2.45, 2.75) is 51.5 Å². The molecule has 29 heavy (non-hydrogen) atoms. The number of nitrogens with one attached hydrogen (secondary N) is 1. The number of rotatable bonds is 7. The van der Waals surface area contributed by atoms with Crippen LogP contribution >= 0.6 is 0 Å². The Kier molecular flexibility index (Phi) is 6.34. The van der Waals surface area contributed by atoms with Crippen LogP contribution in [0.25, 0.3) is 0 Å². The van der Waals surface area contributed by atoms with E-state index in [4.69, 9.17) is 0 Å². The van der Waals surface area contributed by atoms with Crippen LogP contribution in [0.1, 0.15) is 61.8 Å². The van der Waals surface area contributed by atoms with Crippen molar-refractivity contribution >= 4 is 5.91 Å². The van der Waals surface area contributed by atoms with Gasteiger partial charge in [-0.1, -0.05) is 61.5 Å². The molecule has 1 saturated carbocycles. The van der Waals surface area contributed by atoms with Gasteiger partial charge in [-0.3, -0.25) is 4.79 Å². The Morgan fingerprint density at radius 3 is 2.45 bits per heavy atom. The van der Waals surface area contributed by atoms with Gasteiger partial charge in [0.25, 0.3) is 0 Å². The van der Waals surface area contributed by atoms with Crippen LogP contribution in [-0.2, 0) is 11.2 Å². The molecule has 2 aromatic rings. The zero-order valence-electron chi connectivity index (χ0n) is 17.8. The zero-order valence-corrected chi connectivity index (χ0v) is 17.8.